The van der Waals surface area contributed by atoms with Crippen molar-refractivity contribution in [3.05, 3.63) is 35.9 Å². The first-order valence-electron chi connectivity index (χ1n) is 16.6. The van der Waals surface area contributed by atoms with Crippen LogP contribution in [0.4, 0.5) is 0 Å². The van der Waals surface area contributed by atoms with Crippen LogP contribution in [0.5, 0.6) is 0 Å². The number of benzene rings is 1. The van der Waals surface area contributed by atoms with E-state index in [1.165, 1.54) is 19.2 Å². The number of carbonyl (C=O) groups is 7. The summed E-state index contributed by atoms with van der Waals surface area (Å²) in [5, 5.41) is 23.5. The minimum atomic E-state index is -2.23. The van der Waals surface area contributed by atoms with Gasteiger partial charge in [0.1, 0.15) is 31.0 Å². The molecule has 1 aromatic rings. The van der Waals surface area contributed by atoms with Crippen molar-refractivity contribution in [1.29, 1.82) is 0 Å². The Balaban J connectivity index is 2.10. The minimum absolute atomic E-state index is 0.118. The highest BCUT2D eigenvalue weighted by molar-refractivity contribution is 8.02. The molecular weight excluding hydrogens is 742 g/mol. The summed E-state index contributed by atoms with van der Waals surface area (Å²) in [7, 11) is 2.21. The van der Waals surface area contributed by atoms with Crippen molar-refractivity contribution >= 4 is 53.5 Å². The van der Waals surface area contributed by atoms with E-state index in [-0.39, 0.29) is 5.56 Å². The number of hydrogen-bond acceptors (Lipinski definition) is 19. The molecule has 54 heavy (non-hydrogen) atoms. The Hall–Kier alpha value is -4.34. The summed E-state index contributed by atoms with van der Waals surface area (Å²) < 4.78 is 49.4. The van der Waals surface area contributed by atoms with E-state index < -0.39 is 127 Å². The molecule has 0 spiro atoms. The number of rotatable bonds is 15. The van der Waals surface area contributed by atoms with Gasteiger partial charge in [0.2, 0.25) is 10.8 Å². The van der Waals surface area contributed by atoms with Crippen LogP contribution in [0.15, 0.2) is 30.3 Å². The highest BCUT2D eigenvalue weighted by atomic mass is 32.2. The molecule has 19 nitrogen and oxygen atoms in total. The molecule has 0 aliphatic carbocycles. The van der Waals surface area contributed by atoms with E-state index in [0.717, 1.165) is 41.7 Å². The SMILES string of the molecule is COC(=O)C1(OCC2OC(OC)C(O)C(OC(=O)c3ccccc3)C2O)CC(OC(C)=O)C(NC(C)=O)C([C@H](OC(C)=O)[C@@H](COC(C)=O)OC(C)=O)S1. The fourth-order valence-corrected chi connectivity index (χ4v) is 7.67. The van der Waals surface area contributed by atoms with Crippen molar-refractivity contribution in [1.82, 2.24) is 5.32 Å². The molecule has 300 valence electrons. The van der Waals surface area contributed by atoms with Crippen LogP contribution in [0, 0.1) is 0 Å². The van der Waals surface area contributed by atoms with Gasteiger partial charge in [-0.3, -0.25) is 24.0 Å². The van der Waals surface area contributed by atoms with E-state index >= 15 is 0 Å². The summed E-state index contributed by atoms with van der Waals surface area (Å²) in [6, 6.07) is 6.48. The van der Waals surface area contributed by atoms with Gasteiger partial charge in [0.15, 0.2) is 24.6 Å². The summed E-state index contributed by atoms with van der Waals surface area (Å²) in [5.74, 6) is -6.04. The molecular formula is C34H45NO18S. The van der Waals surface area contributed by atoms with E-state index in [1.54, 1.807) is 18.2 Å². The Morgan fingerprint density at radius 1 is 0.889 bits per heavy atom. The number of methoxy groups -OCH3 is 2. The summed E-state index contributed by atoms with van der Waals surface area (Å²) in [5.41, 5.74) is 0.118. The second-order valence-corrected chi connectivity index (χ2v) is 13.7. The third kappa shape index (κ3) is 11.6. The first kappa shape index (κ1) is 44.1. The Kier molecular flexibility index (Phi) is 16.2. The second-order valence-electron chi connectivity index (χ2n) is 12.2. The Labute approximate surface area is 314 Å². The average molecular weight is 788 g/mol. The molecule has 0 radical (unpaired) electrons. The number of ether oxygens (including phenoxy) is 9. The molecule has 20 heteroatoms. The van der Waals surface area contributed by atoms with E-state index in [0.29, 0.717) is 11.8 Å². The Morgan fingerprint density at radius 3 is 2.07 bits per heavy atom. The molecule has 0 saturated carbocycles. The normalized spacial score (nSPS) is 29.0. The molecule has 2 saturated heterocycles. The Bertz CT molecular complexity index is 1510. The molecule has 11 atom stereocenters. The van der Waals surface area contributed by atoms with Crippen molar-refractivity contribution in [3.63, 3.8) is 0 Å². The van der Waals surface area contributed by atoms with Gasteiger partial charge in [-0.15, -0.1) is 11.8 Å². The Morgan fingerprint density at radius 2 is 1.54 bits per heavy atom. The van der Waals surface area contributed by atoms with Gasteiger partial charge in [0.25, 0.3) is 0 Å². The predicted molar refractivity (Wildman–Crippen MR) is 181 cm³/mol. The van der Waals surface area contributed by atoms with Gasteiger partial charge in [-0.1, -0.05) is 18.2 Å². The van der Waals surface area contributed by atoms with Crippen molar-refractivity contribution in [3.8, 4) is 0 Å². The maximum absolute atomic E-state index is 13.8. The number of aliphatic hydroxyl groups excluding tert-OH is 2. The fraction of sp³-hybridized carbons (Fsp3) is 0.618. The van der Waals surface area contributed by atoms with Crippen LogP contribution in [0.2, 0.25) is 0 Å². The lowest BCUT2D eigenvalue weighted by Gasteiger charge is -2.49. The van der Waals surface area contributed by atoms with Gasteiger partial charge < -0.3 is 58.2 Å². The topological polar surface area (TPSA) is 255 Å². The zero-order valence-corrected chi connectivity index (χ0v) is 31.4. The number of amides is 1. The summed E-state index contributed by atoms with van der Waals surface area (Å²) >= 11 is 0.623. The standard InChI is InChI=1S/C34H45NO18S/c1-16(36)35-25-22(49-18(3)38)13-34(33(44)46-7,54-30(25)28(51-20(5)40)24(50-19(4)39)14-47-17(2)37)48-15-23-26(41)29(27(42)32(45-6)52-23)53-31(43)21-11-9-8-10-12-21/h8-12,22-30,32,41-42H,13-15H2,1-7H3,(H,35,36)/t22?,23?,24-,25?,26?,27?,28-,29?,30?,32?,34?/m1/s1. The molecule has 2 aliphatic heterocycles. The van der Waals surface area contributed by atoms with Crippen LogP contribution in [0.25, 0.3) is 0 Å². The zero-order valence-electron chi connectivity index (χ0n) is 30.6. The number of hydrogen-bond donors (Lipinski definition) is 3. The van der Waals surface area contributed by atoms with Crippen LogP contribution in [0.1, 0.15) is 51.4 Å². The zero-order chi connectivity index (χ0) is 40.3. The van der Waals surface area contributed by atoms with Crippen LogP contribution >= 0.6 is 11.8 Å². The third-order valence-corrected chi connectivity index (χ3v) is 9.77. The van der Waals surface area contributed by atoms with Crippen molar-refractivity contribution < 1.29 is 86.4 Å². The van der Waals surface area contributed by atoms with Crippen LogP contribution in [-0.2, 0) is 71.4 Å². The third-order valence-electron chi connectivity index (χ3n) is 8.10. The number of thioether (sulfide) groups is 1. The number of aliphatic hydroxyl groups is 2. The summed E-state index contributed by atoms with van der Waals surface area (Å²) in [6.45, 7) is 4.02. The van der Waals surface area contributed by atoms with E-state index in [2.05, 4.69) is 5.32 Å². The molecule has 0 bridgehead atoms. The molecule has 1 amide bonds. The van der Waals surface area contributed by atoms with Crippen LogP contribution in [-0.4, -0.2) is 145 Å². The molecule has 3 N–H and O–H groups in total. The molecule has 2 fully saturated rings. The molecule has 9 unspecified atom stereocenters. The van der Waals surface area contributed by atoms with Gasteiger partial charge >= 0.3 is 35.8 Å². The lowest BCUT2D eigenvalue weighted by molar-refractivity contribution is -0.298. The van der Waals surface area contributed by atoms with Gasteiger partial charge in [0.05, 0.1) is 30.6 Å². The first-order chi connectivity index (χ1) is 25.4. The molecule has 1 aromatic carbocycles. The molecule has 2 heterocycles. The highest BCUT2D eigenvalue weighted by Gasteiger charge is 2.59. The van der Waals surface area contributed by atoms with Crippen LogP contribution in [0.3, 0.4) is 0 Å². The maximum Gasteiger partial charge on any atom is 0.348 e. The summed E-state index contributed by atoms with van der Waals surface area (Å²) in [6.07, 6.45) is -13.1. The lowest BCUT2D eigenvalue weighted by Crippen LogP contribution is -2.66. The predicted octanol–water partition coefficient (Wildman–Crippen LogP) is -0.441. The first-order valence-corrected chi connectivity index (χ1v) is 17.4. The van der Waals surface area contributed by atoms with Crippen molar-refractivity contribution in [2.24, 2.45) is 0 Å². The number of nitrogens with one attached hydrogen (secondary N) is 1. The summed E-state index contributed by atoms with van der Waals surface area (Å²) in [4.78, 5) is 86.0. The van der Waals surface area contributed by atoms with Crippen molar-refractivity contribution in [2.45, 2.75) is 106 Å². The van der Waals surface area contributed by atoms with Crippen LogP contribution < -0.4 is 5.32 Å². The number of esters is 6. The second kappa shape index (κ2) is 19.8. The smallest absolute Gasteiger partial charge is 0.348 e. The minimum Gasteiger partial charge on any atom is -0.466 e. The maximum atomic E-state index is 13.8. The lowest BCUT2D eigenvalue weighted by atomic mass is 9.93. The van der Waals surface area contributed by atoms with Gasteiger partial charge in [-0.2, -0.15) is 0 Å². The monoisotopic (exact) mass is 787 g/mol. The highest BCUT2D eigenvalue weighted by Crippen LogP contribution is 2.47. The molecule has 2 aliphatic rings. The number of carbonyl (C=O) groups excluding carboxylic acids is 7. The largest absolute Gasteiger partial charge is 0.466 e. The molecule has 0 aromatic heterocycles. The quantitative estimate of drug-likeness (QED) is 0.150. The van der Waals surface area contributed by atoms with E-state index in [9.17, 15) is 43.8 Å². The average Bonchev–Trinajstić information content (AvgIpc) is 3.10. The van der Waals surface area contributed by atoms with E-state index in [1.807, 2.05) is 0 Å². The van der Waals surface area contributed by atoms with Crippen molar-refractivity contribution in [2.75, 3.05) is 27.4 Å². The molecule has 3 rings (SSSR count). The van der Waals surface area contributed by atoms with Gasteiger partial charge in [0, 0.05) is 48.1 Å². The fourth-order valence-electron chi connectivity index (χ4n) is 5.90. The van der Waals surface area contributed by atoms with Gasteiger partial charge in [-0.25, -0.2) is 9.59 Å². The van der Waals surface area contributed by atoms with Gasteiger partial charge in [-0.05, 0) is 12.1 Å². The van der Waals surface area contributed by atoms with E-state index in [4.69, 9.17) is 42.6 Å².